The molecule has 3 heteroatoms. The molecule has 0 radical (unpaired) electrons. The summed E-state index contributed by atoms with van der Waals surface area (Å²) in [5.74, 6) is 0. The van der Waals surface area contributed by atoms with Crippen LogP contribution in [0.5, 0.6) is 0 Å². The first-order valence-corrected chi connectivity index (χ1v) is 6.38. The highest BCUT2D eigenvalue weighted by Gasteiger charge is 2.15. The van der Waals surface area contributed by atoms with Crippen molar-refractivity contribution < 1.29 is 0 Å². The van der Waals surface area contributed by atoms with Crippen molar-refractivity contribution in [1.82, 2.24) is 10.3 Å². The van der Waals surface area contributed by atoms with E-state index in [1.807, 2.05) is 12.4 Å². The summed E-state index contributed by atoms with van der Waals surface area (Å²) in [6.45, 7) is 5.22. The first-order chi connectivity index (χ1) is 7.83. The van der Waals surface area contributed by atoms with Crippen LogP contribution >= 0.6 is 11.3 Å². The Morgan fingerprint density at radius 1 is 1.44 bits per heavy atom. The normalized spacial score (nSPS) is 12.6. The third-order valence-electron chi connectivity index (χ3n) is 2.63. The van der Waals surface area contributed by atoms with Gasteiger partial charge in [0.15, 0.2) is 0 Å². The Morgan fingerprint density at radius 2 is 2.31 bits per heavy atom. The molecule has 0 fully saturated rings. The first-order valence-electron chi connectivity index (χ1n) is 5.50. The van der Waals surface area contributed by atoms with Crippen molar-refractivity contribution >= 4 is 11.3 Å². The average molecular weight is 232 g/mol. The van der Waals surface area contributed by atoms with Crippen LogP contribution in [-0.2, 0) is 0 Å². The molecular weight excluding hydrogens is 216 g/mol. The van der Waals surface area contributed by atoms with Crippen LogP contribution in [0.3, 0.4) is 0 Å². The Labute approximate surface area is 100 Å². The molecule has 84 valence electrons. The maximum atomic E-state index is 4.22. The summed E-state index contributed by atoms with van der Waals surface area (Å²) in [6, 6.07) is 6.60. The van der Waals surface area contributed by atoms with E-state index >= 15 is 0 Å². The minimum atomic E-state index is 0.277. The molecule has 0 aliphatic carbocycles. The molecule has 0 saturated carbocycles. The Bertz CT molecular complexity index is 437. The lowest BCUT2D eigenvalue weighted by molar-refractivity contribution is 0.634. The number of aromatic nitrogens is 1. The lowest BCUT2D eigenvalue weighted by Crippen LogP contribution is -2.22. The van der Waals surface area contributed by atoms with Crippen molar-refractivity contribution in [2.75, 3.05) is 6.54 Å². The second kappa shape index (κ2) is 5.23. The van der Waals surface area contributed by atoms with Crippen LogP contribution < -0.4 is 5.32 Å². The molecule has 0 aromatic carbocycles. The van der Waals surface area contributed by atoms with Crippen LogP contribution in [0.25, 0.3) is 0 Å². The number of rotatable bonds is 4. The summed E-state index contributed by atoms with van der Waals surface area (Å²) in [7, 11) is 0. The van der Waals surface area contributed by atoms with Gasteiger partial charge in [0.05, 0.1) is 6.04 Å². The van der Waals surface area contributed by atoms with Crippen molar-refractivity contribution in [3.63, 3.8) is 0 Å². The van der Waals surface area contributed by atoms with Gasteiger partial charge in [-0.15, -0.1) is 11.3 Å². The smallest absolute Gasteiger partial charge is 0.0688 e. The van der Waals surface area contributed by atoms with Crippen LogP contribution in [-0.4, -0.2) is 11.5 Å². The molecule has 0 saturated heterocycles. The maximum Gasteiger partial charge on any atom is 0.0688 e. The zero-order valence-corrected chi connectivity index (χ0v) is 10.4. The Morgan fingerprint density at radius 3 is 2.94 bits per heavy atom. The van der Waals surface area contributed by atoms with E-state index in [4.69, 9.17) is 0 Å². The van der Waals surface area contributed by atoms with Crippen LogP contribution in [0.4, 0.5) is 0 Å². The van der Waals surface area contributed by atoms with Crippen molar-refractivity contribution in [1.29, 1.82) is 0 Å². The lowest BCUT2D eigenvalue weighted by atomic mass is 10.0. The van der Waals surface area contributed by atoms with E-state index in [9.17, 15) is 0 Å². The van der Waals surface area contributed by atoms with Crippen molar-refractivity contribution in [2.45, 2.75) is 19.9 Å². The molecule has 1 unspecified atom stereocenters. The number of thiophene rings is 1. The fraction of sp³-hybridized carbons (Fsp3) is 0.308. The second-order valence-electron chi connectivity index (χ2n) is 3.74. The van der Waals surface area contributed by atoms with Crippen LogP contribution in [0.2, 0.25) is 0 Å². The molecular formula is C13H16N2S. The van der Waals surface area contributed by atoms with Crippen LogP contribution in [0.1, 0.15) is 29.0 Å². The van der Waals surface area contributed by atoms with Gasteiger partial charge >= 0.3 is 0 Å². The first kappa shape index (κ1) is 11.3. The summed E-state index contributed by atoms with van der Waals surface area (Å²) in [6.07, 6.45) is 3.80. The summed E-state index contributed by atoms with van der Waals surface area (Å²) in [5.41, 5.74) is 2.56. The third-order valence-corrected chi connectivity index (χ3v) is 3.56. The summed E-state index contributed by atoms with van der Waals surface area (Å²) in [5, 5.41) is 5.63. The Hall–Kier alpha value is -1.19. The van der Waals surface area contributed by atoms with Crippen molar-refractivity contribution in [3.05, 3.63) is 52.0 Å². The molecule has 0 amide bonds. The highest BCUT2D eigenvalue weighted by Crippen LogP contribution is 2.27. The van der Waals surface area contributed by atoms with E-state index < -0.39 is 0 Å². The molecule has 1 N–H and O–H groups in total. The average Bonchev–Trinajstić information content (AvgIpc) is 2.80. The van der Waals surface area contributed by atoms with Gasteiger partial charge in [0, 0.05) is 17.3 Å². The SMILES string of the molecule is CCNC(c1cccs1)c1cnccc1C. The fourth-order valence-corrected chi connectivity index (χ4v) is 2.62. The van der Waals surface area contributed by atoms with Crippen LogP contribution in [0.15, 0.2) is 36.0 Å². The molecule has 2 aromatic rings. The van der Waals surface area contributed by atoms with Gasteiger partial charge in [-0.05, 0) is 42.1 Å². The van der Waals surface area contributed by atoms with Crippen LogP contribution in [0, 0.1) is 6.92 Å². The summed E-state index contributed by atoms with van der Waals surface area (Å²) < 4.78 is 0. The van der Waals surface area contributed by atoms with Gasteiger partial charge in [-0.3, -0.25) is 4.98 Å². The predicted octanol–water partition coefficient (Wildman–Crippen LogP) is 3.15. The highest BCUT2D eigenvalue weighted by molar-refractivity contribution is 7.10. The molecule has 0 aliphatic rings. The molecule has 16 heavy (non-hydrogen) atoms. The minimum absolute atomic E-state index is 0.277. The maximum absolute atomic E-state index is 4.22. The van der Waals surface area contributed by atoms with E-state index in [0.29, 0.717) is 0 Å². The second-order valence-corrected chi connectivity index (χ2v) is 4.72. The van der Waals surface area contributed by atoms with E-state index in [2.05, 4.69) is 47.7 Å². The highest BCUT2D eigenvalue weighted by atomic mass is 32.1. The molecule has 0 spiro atoms. The fourth-order valence-electron chi connectivity index (χ4n) is 1.80. The number of hydrogen-bond donors (Lipinski definition) is 1. The monoisotopic (exact) mass is 232 g/mol. The number of nitrogens with one attached hydrogen (secondary N) is 1. The molecule has 2 rings (SSSR count). The largest absolute Gasteiger partial charge is 0.306 e. The number of nitrogens with zero attached hydrogens (tertiary/aromatic N) is 1. The van der Waals surface area contributed by atoms with E-state index in [1.54, 1.807) is 11.3 Å². The standard InChI is InChI=1S/C13H16N2S/c1-3-15-13(12-5-4-8-16-12)11-9-14-7-6-10(11)2/h4-9,13,15H,3H2,1-2H3. The van der Waals surface area contributed by atoms with E-state index in [1.165, 1.54) is 16.0 Å². The van der Waals surface area contributed by atoms with Gasteiger partial charge in [-0.25, -0.2) is 0 Å². The van der Waals surface area contributed by atoms with Gasteiger partial charge in [0.1, 0.15) is 0 Å². The van der Waals surface area contributed by atoms with Gasteiger partial charge < -0.3 is 5.32 Å². The van der Waals surface area contributed by atoms with E-state index in [0.717, 1.165) is 6.54 Å². The molecule has 0 bridgehead atoms. The zero-order chi connectivity index (χ0) is 11.4. The number of pyridine rings is 1. The Kier molecular flexibility index (Phi) is 3.70. The molecule has 2 aromatic heterocycles. The molecule has 2 nitrogen and oxygen atoms in total. The Balaban J connectivity index is 2.37. The van der Waals surface area contributed by atoms with Gasteiger partial charge in [0.25, 0.3) is 0 Å². The molecule has 0 aliphatic heterocycles. The predicted molar refractivity (Wildman–Crippen MR) is 68.8 cm³/mol. The topological polar surface area (TPSA) is 24.9 Å². The summed E-state index contributed by atoms with van der Waals surface area (Å²) >= 11 is 1.78. The quantitative estimate of drug-likeness (QED) is 0.876. The van der Waals surface area contributed by atoms with Gasteiger partial charge in [-0.1, -0.05) is 13.0 Å². The number of aryl methyl sites for hydroxylation is 1. The zero-order valence-electron chi connectivity index (χ0n) is 9.60. The number of hydrogen-bond acceptors (Lipinski definition) is 3. The van der Waals surface area contributed by atoms with Gasteiger partial charge in [-0.2, -0.15) is 0 Å². The molecule has 1 atom stereocenters. The van der Waals surface area contributed by atoms with Crippen molar-refractivity contribution in [3.8, 4) is 0 Å². The molecule has 2 heterocycles. The minimum Gasteiger partial charge on any atom is -0.306 e. The third kappa shape index (κ3) is 2.31. The van der Waals surface area contributed by atoms with Gasteiger partial charge in [0.2, 0.25) is 0 Å². The summed E-state index contributed by atoms with van der Waals surface area (Å²) in [4.78, 5) is 5.57. The lowest BCUT2D eigenvalue weighted by Gasteiger charge is -2.18. The van der Waals surface area contributed by atoms with E-state index in [-0.39, 0.29) is 6.04 Å². The van der Waals surface area contributed by atoms with Crippen molar-refractivity contribution in [2.24, 2.45) is 0 Å².